The summed E-state index contributed by atoms with van der Waals surface area (Å²) in [5.41, 5.74) is 5.87. The van der Waals surface area contributed by atoms with Crippen LogP contribution in [0, 0.1) is 17.7 Å². The molecule has 0 aliphatic heterocycles. The zero-order chi connectivity index (χ0) is 33.0. The van der Waals surface area contributed by atoms with E-state index in [-0.39, 0.29) is 46.3 Å². The molecule has 0 fully saturated rings. The number of ether oxygens (including phenoxy) is 1. The molecule has 234 valence electrons. The van der Waals surface area contributed by atoms with Crippen LogP contribution in [0.25, 0.3) is 11.1 Å². The summed E-state index contributed by atoms with van der Waals surface area (Å²) in [6.07, 6.45) is 0.701. The molecule has 1 aromatic heterocycles. The van der Waals surface area contributed by atoms with Crippen molar-refractivity contribution in [1.82, 2.24) is 10.3 Å². The number of rotatable bonds is 10. The van der Waals surface area contributed by atoms with Crippen LogP contribution in [0.15, 0.2) is 48.5 Å². The number of aliphatic hydroxyl groups is 1. The third-order valence-corrected chi connectivity index (χ3v) is 7.08. The first-order chi connectivity index (χ1) is 20.4. The highest BCUT2D eigenvalue weighted by molar-refractivity contribution is 7.86. The Balaban J connectivity index is 2.19. The Morgan fingerprint density at radius 2 is 1.66 bits per heavy atom. The Labute approximate surface area is 255 Å². The van der Waals surface area contributed by atoms with E-state index in [2.05, 4.69) is 19.8 Å². The molecule has 13 nitrogen and oxygen atoms in total. The van der Waals surface area contributed by atoms with E-state index in [1.165, 1.54) is 43.5 Å². The van der Waals surface area contributed by atoms with Crippen molar-refractivity contribution in [2.24, 2.45) is 11.1 Å². The van der Waals surface area contributed by atoms with Gasteiger partial charge in [0, 0.05) is 28.4 Å². The standard InChI is InChI=1S/C30H35N5O8S/c1-16-13-21(22(29(39)43-44(6,40)41)14-20(16)27(37)34-23(15-36)30(2,3)4)19-11-12-24(42-5)35-25(19)28(38)33-18-9-7-17(8-10-18)26(31)32/h7-14,23,36H,15H2,1-6H3,(H3,31,32)(H,33,38)(H,34,37)/t23-/m1/s1. The van der Waals surface area contributed by atoms with E-state index in [0.717, 1.165) is 0 Å². The normalized spacial score (nSPS) is 12.2. The number of amides is 2. The molecule has 0 unspecified atom stereocenters. The number of aryl methyl sites for hydroxylation is 1. The van der Waals surface area contributed by atoms with Crippen LogP contribution < -0.4 is 21.1 Å². The lowest BCUT2D eigenvalue weighted by atomic mass is 9.86. The van der Waals surface area contributed by atoms with Crippen molar-refractivity contribution >= 4 is 39.4 Å². The zero-order valence-electron chi connectivity index (χ0n) is 25.1. The summed E-state index contributed by atoms with van der Waals surface area (Å²) in [6.45, 7) is 6.76. The number of aromatic nitrogens is 1. The molecular formula is C30H35N5O8S. The summed E-state index contributed by atoms with van der Waals surface area (Å²) < 4.78 is 33.7. The van der Waals surface area contributed by atoms with E-state index in [4.69, 9.17) is 15.9 Å². The molecule has 0 spiro atoms. The Morgan fingerprint density at radius 3 is 2.18 bits per heavy atom. The van der Waals surface area contributed by atoms with Gasteiger partial charge in [0.25, 0.3) is 11.8 Å². The molecule has 0 saturated carbocycles. The van der Waals surface area contributed by atoms with Crippen molar-refractivity contribution in [2.45, 2.75) is 33.7 Å². The van der Waals surface area contributed by atoms with Gasteiger partial charge in [-0.05, 0) is 65.9 Å². The lowest BCUT2D eigenvalue weighted by Gasteiger charge is -2.30. The lowest BCUT2D eigenvalue weighted by molar-refractivity contribution is 0.0748. The van der Waals surface area contributed by atoms with Crippen LogP contribution in [0.4, 0.5) is 5.69 Å². The van der Waals surface area contributed by atoms with Gasteiger partial charge in [-0.3, -0.25) is 15.0 Å². The number of anilines is 1. The summed E-state index contributed by atoms with van der Waals surface area (Å²) in [5.74, 6) is -2.67. The van der Waals surface area contributed by atoms with E-state index in [9.17, 15) is 27.9 Å². The van der Waals surface area contributed by atoms with Crippen LogP contribution in [-0.2, 0) is 14.3 Å². The summed E-state index contributed by atoms with van der Waals surface area (Å²) in [6, 6.07) is 11.1. The highest BCUT2D eigenvalue weighted by Gasteiger charge is 2.29. The van der Waals surface area contributed by atoms with Gasteiger partial charge in [-0.25, -0.2) is 9.78 Å². The minimum absolute atomic E-state index is 0.0231. The first-order valence-electron chi connectivity index (χ1n) is 13.3. The van der Waals surface area contributed by atoms with Gasteiger partial charge < -0.3 is 30.4 Å². The van der Waals surface area contributed by atoms with Crippen molar-refractivity contribution in [3.8, 4) is 17.0 Å². The van der Waals surface area contributed by atoms with Gasteiger partial charge in [-0.2, -0.15) is 8.42 Å². The summed E-state index contributed by atoms with van der Waals surface area (Å²) in [5, 5.41) is 22.8. The largest absolute Gasteiger partial charge is 0.481 e. The number of nitrogens with one attached hydrogen (secondary N) is 3. The molecule has 0 aliphatic carbocycles. The highest BCUT2D eigenvalue weighted by atomic mass is 32.2. The van der Waals surface area contributed by atoms with Crippen LogP contribution in [0.5, 0.6) is 5.88 Å². The summed E-state index contributed by atoms with van der Waals surface area (Å²) in [4.78, 5) is 44.3. The number of amidine groups is 1. The van der Waals surface area contributed by atoms with E-state index < -0.39 is 39.4 Å². The fourth-order valence-corrected chi connectivity index (χ4v) is 4.53. The molecule has 14 heteroatoms. The Hall–Kier alpha value is -4.82. The number of nitrogens with two attached hydrogens (primary N) is 1. The van der Waals surface area contributed by atoms with Gasteiger partial charge in [0.05, 0.1) is 31.6 Å². The van der Waals surface area contributed by atoms with E-state index in [1.54, 1.807) is 19.1 Å². The number of carbonyl (C=O) groups is 3. The van der Waals surface area contributed by atoms with Crippen LogP contribution in [0.1, 0.15) is 63.1 Å². The van der Waals surface area contributed by atoms with Crippen molar-refractivity contribution in [1.29, 1.82) is 5.41 Å². The van der Waals surface area contributed by atoms with E-state index in [1.807, 2.05) is 20.8 Å². The van der Waals surface area contributed by atoms with Crippen LogP contribution >= 0.6 is 0 Å². The number of hydrogen-bond donors (Lipinski definition) is 5. The van der Waals surface area contributed by atoms with Crippen molar-refractivity contribution in [2.75, 3.05) is 25.3 Å². The quantitative estimate of drug-likeness (QED) is 0.126. The van der Waals surface area contributed by atoms with Gasteiger partial charge in [0.1, 0.15) is 11.5 Å². The fraction of sp³-hybridized carbons (Fsp3) is 0.300. The van der Waals surface area contributed by atoms with Gasteiger partial charge in [0.2, 0.25) is 5.88 Å². The van der Waals surface area contributed by atoms with E-state index in [0.29, 0.717) is 23.1 Å². The number of nitrogen functional groups attached to an aromatic ring is 1. The monoisotopic (exact) mass is 625 g/mol. The third-order valence-electron chi connectivity index (χ3n) is 6.63. The molecule has 3 rings (SSSR count). The summed E-state index contributed by atoms with van der Waals surface area (Å²) >= 11 is 0. The Morgan fingerprint density at radius 1 is 1.02 bits per heavy atom. The Kier molecular flexibility index (Phi) is 10.1. The molecule has 2 aromatic carbocycles. The van der Waals surface area contributed by atoms with Crippen molar-refractivity contribution in [3.05, 3.63) is 76.5 Å². The summed E-state index contributed by atoms with van der Waals surface area (Å²) in [7, 11) is -2.91. The maximum atomic E-state index is 13.5. The van der Waals surface area contributed by atoms with Crippen LogP contribution in [0.3, 0.4) is 0 Å². The average Bonchev–Trinajstić information content (AvgIpc) is 2.93. The second kappa shape index (κ2) is 13.2. The number of carbonyl (C=O) groups excluding carboxylic acids is 3. The lowest BCUT2D eigenvalue weighted by Crippen LogP contribution is -2.46. The molecule has 0 radical (unpaired) electrons. The molecule has 3 aromatic rings. The van der Waals surface area contributed by atoms with Gasteiger partial charge in [-0.15, -0.1) is 0 Å². The average molecular weight is 626 g/mol. The minimum atomic E-state index is -4.27. The van der Waals surface area contributed by atoms with Crippen LogP contribution in [-0.4, -0.2) is 68.1 Å². The first-order valence-corrected chi connectivity index (χ1v) is 15.1. The molecule has 1 heterocycles. The molecule has 1 atom stereocenters. The second-order valence-electron chi connectivity index (χ2n) is 11.1. The number of nitrogens with zero attached hydrogens (tertiary/aromatic N) is 1. The maximum absolute atomic E-state index is 13.5. The SMILES string of the molecule is COc1ccc(-c2cc(C)c(C(=O)N[C@H](CO)C(C)(C)C)cc2C(=O)OS(C)(=O)=O)c(C(=O)Nc2ccc(C(=N)N)cc2)n1. The molecular weight excluding hydrogens is 590 g/mol. The number of hydrogen-bond acceptors (Lipinski definition) is 10. The van der Waals surface area contributed by atoms with Crippen molar-refractivity contribution in [3.63, 3.8) is 0 Å². The third kappa shape index (κ3) is 8.17. The number of pyridine rings is 1. The van der Waals surface area contributed by atoms with Crippen LogP contribution in [0.2, 0.25) is 0 Å². The fourth-order valence-electron chi connectivity index (χ4n) is 4.17. The number of methoxy groups -OCH3 is 1. The molecule has 0 aliphatic rings. The van der Waals surface area contributed by atoms with Gasteiger partial charge in [0.15, 0.2) is 0 Å². The molecule has 2 amide bonds. The number of benzene rings is 2. The predicted octanol–water partition coefficient (Wildman–Crippen LogP) is 2.86. The smallest absolute Gasteiger partial charge is 0.354 e. The minimum Gasteiger partial charge on any atom is -0.481 e. The van der Waals surface area contributed by atoms with Gasteiger partial charge in [-0.1, -0.05) is 20.8 Å². The van der Waals surface area contributed by atoms with Gasteiger partial charge >= 0.3 is 16.1 Å². The topological polar surface area (TPSA) is 211 Å². The zero-order valence-corrected chi connectivity index (χ0v) is 26.0. The highest BCUT2D eigenvalue weighted by Crippen LogP contribution is 2.32. The maximum Gasteiger partial charge on any atom is 0.354 e. The van der Waals surface area contributed by atoms with E-state index >= 15 is 0 Å². The molecule has 6 N–H and O–H groups in total. The first kappa shape index (κ1) is 33.7. The number of aliphatic hydroxyl groups excluding tert-OH is 1. The molecule has 44 heavy (non-hydrogen) atoms. The predicted molar refractivity (Wildman–Crippen MR) is 164 cm³/mol. The Bertz CT molecular complexity index is 1710. The molecule has 0 saturated heterocycles. The molecule has 0 bridgehead atoms. The van der Waals surface area contributed by atoms with Crippen molar-refractivity contribution < 1.29 is 36.8 Å². The second-order valence-corrected chi connectivity index (χ2v) is 12.6.